The summed E-state index contributed by atoms with van der Waals surface area (Å²) in [4.78, 5) is 18.2. The molecule has 1 aliphatic rings. The number of aromatic amines is 1. The first kappa shape index (κ1) is 14.0. The van der Waals surface area contributed by atoms with Gasteiger partial charge in [-0.05, 0) is 19.8 Å². The van der Waals surface area contributed by atoms with Crippen LogP contribution in [0, 0.1) is 6.92 Å². The molecule has 8 heteroatoms. The van der Waals surface area contributed by atoms with E-state index in [0.29, 0.717) is 18.1 Å². The molecule has 1 fully saturated rings. The Morgan fingerprint density at radius 1 is 1.48 bits per heavy atom. The molecule has 0 radical (unpaired) electrons. The molecule has 3 rings (SSSR count). The molecule has 1 saturated heterocycles. The van der Waals surface area contributed by atoms with Gasteiger partial charge in [-0.3, -0.25) is 0 Å². The lowest BCUT2D eigenvalue weighted by molar-refractivity contribution is 0.0158. The fourth-order valence-electron chi connectivity index (χ4n) is 2.72. The Balaban J connectivity index is 1.75. The number of anilines is 1. The van der Waals surface area contributed by atoms with Crippen molar-refractivity contribution in [2.45, 2.75) is 25.9 Å². The van der Waals surface area contributed by atoms with Crippen molar-refractivity contribution >= 4 is 11.5 Å². The summed E-state index contributed by atoms with van der Waals surface area (Å²) in [5, 5.41) is 15.2. The monoisotopic (exact) mass is 293 g/mol. The highest BCUT2D eigenvalue weighted by molar-refractivity contribution is 5.51. The van der Waals surface area contributed by atoms with Crippen LogP contribution in [0.1, 0.15) is 18.7 Å². The second-order valence-corrected chi connectivity index (χ2v) is 5.16. The molecule has 0 amide bonds. The van der Waals surface area contributed by atoms with Crippen LogP contribution >= 0.6 is 0 Å². The Hall–Kier alpha value is -1.93. The summed E-state index contributed by atoms with van der Waals surface area (Å²) in [6.07, 6.45) is 2.00. The highest BCUT2D eigenvalue weighted by Gasteiger charge is 2.21. The molecule has 3 heterocycles. The maximum absolute atomic E-state index is 11.6. The zero-order valence-corrected chi connectivity index (χ0v) is 11.9. The van der Waals surface area contributed by atoms with Gasteiger partial charge in [0.05, 0.1) is 19.3 Å². The van der Waals surface area contributed by atoms with Crippen LogP contribution in [0.5, 0.6) is 0 Å². The molecule has 21 heavy (non-hydrogen) atoms. The average Bonchev–Trinajstić information content (AvgIpc) is 2.87. The number of hydrogen-bond donors (Lipinski definition) is 2. The molecule has 2 aromatic heterocycles. The van der Waals surface area contributed by atoms with E-state index < -0.39 is 0 Å². The highest BCUT2D eigenvalue weighted by atomic mass is 16.5. The number of piperidine rings is 1. The maximum Gasteiger partial charge on any atom is 0.349 e. The molecule has 0 atom stereocenters. The first-order chi connectivity index (χ1) is 10.2. The van der Waals surface area contributed by atoms with Gasteiger partial charge in [0.2, 0.25) is 0 Å². The molecule has 0 aliphatic carbocycles. The highest BCUT2D eigenvalue weighted by Crippen LogP contribution is 2.20. The third kappa shape index (κ3) is 2.77. The van der Waals surface area contributed by atoms with E-state index in [0.717, 1.165) is 31.7 Å². The Bertz CT molecular complexity index is 672. The van der Waals surface area contributed by atoms with Crippen molar-refractivity contribution in [1.82, 2.24) is 19.6 Å². The third-order valence-electron chi connectivity index (χ3n) is 3.77. The maximum atomic E-state index is 11.6. The number of rotatable bonds is 4. The van der Waals surface area contributed by atoms with Gasteiger partial charge < -0.3 is 14.7 Å². The number of ether oxygens (including phenoxy) is 1. The average molecular weight is 293 g/mol. The molecule has 114 valence electrons. The number of aryl methyl sites for hydroxylation is 1. The lowest BCUT2D eigenvalue weighted by Crippen LogP contribution is -2.38. The van der Waals surface area contributed by atoms with Crippen LogP contribution in [0.15, 0.2) is 10.9 Å². The van der Waals surface area contributed by atoms with Crippen molar-refractivity contribution in [3.63, 3.8) is 0 Å². The first-order valence-corrected chi connectivity index (χ1v) is 7.11. The van der Waals surface area contributed by atoms with Crippen molar-refractivity contribution in [3.05, 3.63) is 22.4 Å². The molecule has 0 bridgehead atoms. The summed E-state index contributed by atoms with van der Waals surface area (Å²) in [5.74, 6) is 1.46. The largest absolute Gasteiger partial charge is 0.394 e. The summed E-state index contributed by atoms with van der Waals surface area (Å²) in [6, 6.07) is 1.82. The predicted molar refractivity (Wildman–Crippen MR) is 76.6 cm³/mol. The topological polar surface area (TPSA) is 95.8 Å². The summed E-state index contributed by atoms with van der Waals surface area (Å²) in [6.45, 7) is 3.93. The van der Waals surface area contributed by atoms with Gasteiger partial charge in [-0.25, -0.2) is 19.3 Å². The minimum Gasteiger partial charge on any atom is -0.394 e. The number of fused-ring (bicyclic) bond motifs is 1. The Morgan fingerprint density at radius 2 is 2.24 bits per heavy atom. The van der Waals surface area contributed by atoms with Gasteiger partial charge in [0.25, 0.3) is 0 Å². The molecule has 1 aliphatic heterocycles. The van der Waals surface area contributed by atoms with E-state index in [1.165, 1.54) is 4.40 Å². The zero-order chi connectivity index (χ0) is 14.8. The third-order valence-corrected chi connectivity index (χ3v) is 3.77. The van der Waals surface area contributed by atoms with Gasteiger partial charge in [-0.15, -0.1) is 0 Å². The number of aromatic nitrogens is 4. The van der Waals surface area contributed by atoms with E-state index in [2.05, 4.69) is 20.1 Å². The van der Waals surface area contributed by atoms with Crippen LogP contribution in [0.2, 0.25) is 0 Å². The van der Waals surface area contributed by atoms with Gasteiger partial charge in [0.1, 0.15) is 11.6 Å². The molecular weight excluding hydrogens is 274 g/mol. The van der Waals surface area contributed by atoms with Crippen molar-refractivity contribution in [2.75, 3.05) is 31.2 Å². The van der Waals surface area contributed by atoms with Crippen LogP contribution in [0.4, 0.5) is 5.82 Å². The number of aliphatic hydroxyl groups is 1. The minimum atomic E-state index is -0.266. The van der Waals surface area contributed by atoms with Crippen molar-refractivity contribution in [3.8, 4) is 0 Å². The summed E-state index contributed by atoms with van der Waals surface area (Å²) in [7, 11) is 0. The molecule has 2 aromatic rings. The molecule has 0 spiro atoms. The fraction of sp³-hybridized carbons (Fsp3) is 0.615. The molecule has 0 saturated carbocycles. The van der Waals surface area contributed by atoms with Crippen molar-refractivity contribution in [2.24, 2.45) is 0 Å². The number of H-pyrrole nitrogens is 1. The van der Waals surface area contributed by atoms with E-state index in [1.54, 1.807) is 6.92 Å². The normalized spacial score (nSPS) is 16.8. The second kappa shape index (κ2) is 5.82. The lowest BCUT2D eigenvalue weighted by Gasteiger charge is -2.32. The summed E-state index contributed by atoms with van der Waals surface area (Å²) >= 11 is 0. The van der Waals surface area contributed by atoms with Crippen molar-refractivity contribution in [1.29, 1.82) is 0 Å². The molecular formula is C13H19N5O3. The molecule has 8 nitrogen and oxygen atoms in total. The van der Waals surface area contributed by atoms with Gasteiger partial charge in [-0.1, -0.05) is 0 Å². The van der Waals surface area contributed by atoms with Crippen LogP contribution in [-0.4, -0.2) is 57.1 Å². The van der Waals surface area contributed by atoms with E-state index in [1.807, 2.05) is 6.07 Å². The van der Waals surface area contributed by atoms with Crippen LogP contribution in [0.3, 0.4) is 0 Å². The minimum absolute atomic E-state index is 0.0611. The first-order valence-electron chi connectivity index (χ1n) is 7.11. The van der Waals surface area contributed by atoms with E-state index >= 15 is 0 Å². The number of hydrogen-bond acceptors (Lipinski definition) is 6. The molecule has 0 aromatic carbocycles. The molecule has 0 unspecified atom stereocenters. The fourth-order valence-corrected chi connectivity index (χ4v) is 2.72. The van der Waals surface area contributed by atoms with Crippen LogP contribution in [0.25, 0.3) is 5.65 Å². The van der Waals surface area contributed by atoms with Gasteiger partial charge in [-0.2, -0.15) is 5.10 Å². The smallest absolute Gasteiger partial charge is 0.349 e. The quantitative estimate of drug-likeness (QED) is 0.804. The second-order valence-electron chi connectivity index (χ2n) is 5.16. The number of nitrogens with one attached hydrogen (secondary N) is 1. The standard InChI is InChI=1S/C13H19N5O3/c1-9-14-11(8-12-15-16-13(20)18(9)12)17-4-2-10(3-5-17)21-7-6-19/h8,10,19H,2-7H2,1H3,(H,16,20). The van der Waals surface area contributed by atoms with Gasteiger partial charge in [0.15, 0.2) is 5.65 Å². The lowest BCUT2D eigenvalue weighted by atomic mass is 10.1. The Morgan fingerprint density at radius 3 is 2.95 bits per heavy atom. The zero-order valence-electron chi connectivity index (χ0n) is 11.9. The summed E-state index contributed by atoms with van der Waals surface area (Å²) < 4.78 is 7.01. The predicted octanol–water partition coefficient (Wildman–Crippen LogP) is -0.296. The summed E-state index contributed by atoms with van der Waals surface area (Å²) in [5.41, 5.74) is 0.318. The Labute approximate surface area is 121 Å². The van der Waals surface area contributed by atoms with Gasteiger partial charge >= 0.3 is 5.69 Å². The molecule has 2 N–H and O–H groups in total. The number of nitrogens with zero attached hydrogens (tertiary/aromatic N) is 4. The van der Waals surface area contributed by atoms with E-state index in [9.17, 15) is 4.79 Å². The SMILES string of the molecule is Cc1nc(N2CCC(OCCO)CC2)cc2n[nH]c(=O)n12. The Kier molecular flexibility index (Phi) is 3.89. The van der Waals surface area contributed by atoms with Crippen molar-refractivity contribution < 1.29 is 9.84 Å². The van der Waals surface area contributed by atoms with Crippen LogP contribution < -0.4 is 10.6 Å². The van der Waals surface area contributed by atoms with E-state index in [-0.39, 0.29) is 18.4 Å². The van der Waals surface area contributed by atoms with Crippen LogP contribution in [-0.2, 0) is 4.74 Å². The number of aliphatic hydroxyl groups excluding tert-OH is 1. The van der Waals surface area contributed by atoms with Gasteiger partial charge in [0, 0.05) is 19.2 Å². The van der Waals surface area contributed by atoms with E-state index in [4.69, 9.17) is 9.84 Å².